The van der Waals surface area contributed by atoms with Crippen molar-refractivity contribution in [3.05, 3.63) is 75.1 Å². The Morgan fingerprint density at radius 3 is 2.78 bits per heavy atom. The van der Waals surface area contributed by atoms with Gasteiger partial charge in [0, 0.05) is 11.1 Å². The summed E-state index contributed by atoms with van der Waals surface area (Å²) in [5.74, 6) is -0.814. The minimum atomic E-state index is -1.32. The summed E-state index contributed by atoms with van der Waals surface area (Å²) in [6, 6.07) is 11.9. The van der Waals surface area contributed by atoms with Gasteiger partial charge in [-0.3, -0.25) is 4.79 Å². The summed E-state index contributed by atoms with van der Waals surface area (Å²) in [6.45, 7) is 0.309. The largest absolute Gasteiger partial charge is 0.489 e. The van der Waals surface area contributed by atoms with Gasteiger partial charge >= 0.3 is 5.97 Å². The van der Waals surface area contributed by atoms with Gasteiger partial charge in [-0.25, -0.2) is 4.79 Å². The lowest BCUT2D eigenvalue weighted by Gasteiger charge is -2.07. The molecule has 3 rings (SSSR count). The van der Waals surface area contributed by atoms with E-state index in [1.165, 1.54) is 6.07 Å². The first-order valence-electron chi connectivity index (χ1n) is 6.71. The molecule has 116 valence electrons. The highest BCUT2D eigenvalue weighted by molar-refractivity contribution is 6.30. The van der Waals surface area contributed by atoms with Gasteiger partial charge in [0.1, 0.15) is 29.8 Å². The van der Waals surface area contributed by atoms with Crippen LogP contribution in [0.5, 0.6) is 5.75 Å². The fraction of sp³-hybridized carbons (Fsp3) is 0.0588. The van der Waals surface area contributed by atoms with Crippen molar-refractivity contribution in [2.45, 2.75) is 6.61 Å². The van der Waals surface area contributed by atoms with Gasteiger partial charge < -0.3 is 14.3 Å². The van der Waals surface area contributed by atoms with Crippen LogP contribution in [-0.4, -0.2) is 11.1 Å². The van der Waals surface area contributed by atoms with E-state index in [0.29, 0.717) is 17.4 Å². The average molecular weight is 331 g/mol. The SMILES string of the molecule is O=C(O)c1coc2cc(OCc3cccc(Cl)c3)ccc2c1=O. The number of carboxylic acid groups (broad SMARTS) is 1. The minimum Gasteiger partial charge on any atom is -0.489 e. The monoisotopic (exact) mass is 330 g/mol. The van der Waals surface area contributed by atoms with E-state index in [9.17, 15) is 9.59 Å². The van der Waals surface area contributed by atoms with Crippen LogP contribution in [0.25, 0.3) is 11.0 Å². The first-order valence-corrected chi connectivity index (χ1v) is 7.08. The number of benzene rings is 2. The lowest BCUT2D eigenvalue weighted by molar-refractivity contribution is 0.0693. The second-order valence-electron chi connectivity index (χ2n) is 4.86. The Labute approximate surface area is 135 Å². The van der Waals surface area contributed by atoms with Crippen LogP contribution in [0.2, 0.25) is 5.02 Å². The van der Waals surface area contributed by atoms with Crippen LogP contribution in [0, 0.1) is 0 Å². The number of rotatable bonds is 4. The van der Waals surface area contributed by atoms with Crippen molar-refractivity contribution in [1.82, 2.24) is 0 Å². The highest BCUT2D eigenvalue weighted by Crippen LogP contribution is 2.21. The molecule has 0 aliphatic carbocycles. The van der Waals surface area contributed by atoms with E-state index in [4.69, 9.17) is 25.9 Å². The fourth-order valence-corrected chi connectivity index (χ4v) is 2.35. The lowest BCUT2D eigenvalue weighted by atomic mass is 10.1. The highest BCUT2D eigenvalue weighted by Gasteiger charge is 2.13. The second kappa shape index (κ2) is 6.14. The molecule has 0 atom stereocenters. The van der Waals surface area contributed by atoms with Gasteiger partial charge in [-0.05, 0) is 29.8 Å². The van der Waals surface area contributed by atoms with Gasteiger partial charge in [0.15, 0.2) is 0 Å². The molecule has 0 saturated heterocycles. The molecule has 1 aromatic heterocycles. The molecular formula is C17H11ClO5. The molecule has 0 saturated carbocycles. The molecule has 2 aromatic carbocycles. The van der Waals surface area contributed by atoms with E-state index in [-0.39, 0.29) is 11.0 Å². The first kappa shape index (κ1) is 15.1. The molecule has 23 heavy (non-hydrogen) atoms. The van der Waals surface area contributed by atoms with Crippen LogP contribution in [0.4, 0.5) is 0 Å². The summed E-state index contributed by atoms with van der Waals surface area (Å²) in [4.78, 5) is 22.9. The second-order valence-corrected chi connectivity index (χ2v) is 5.30. The standard InChI is InChI=1S/C17H11ClO5/c18-11-3-1-2-10(6-11)8-22-12-4-5-13-15(7-12)23-9-14(16(13)19)17(20)21/h1-7,9H,8H2,(H,20,21). The summed E-state index contributed by atoms with van der Waals surface area (Å²) >= 11 is 5.91. The number of hydrogen-bond acceptors (Lipinski definition) is 4. The molecule has 0 amide bonds. The van der Waals surface area contributed by atoms with Gasteiger partial charge in [-0.2, -0.15) is 0 Å². The van der Waals surface area contributed by atoms with E-state index >= 15 is 0 Å². The molecule has 6 heteroatoms. The van der Waals surface area contributed by atoms with Crippen LogP contribution < -0.4 is 10.2 Å². The molecule has 0 spiro atoms. The number of halogens is 1. The van der Waals surface area contributed by atoms with E-state index in [2.05, 4.69) is 0 Å². The molecule has 0 unspecified atom stereocenters. The zero-order valence-corrected chi connectivity index (χ0v) is 12.5. The van der Waals surface area contributed by atoms with Crippen LogP contribution in [-0.2, 0) is 6.61 Å². The van der Waals surface area contributed by atoms with Crippen molar-refractivity contribution in [1.29, 1.82) is 0 Å². The van der Waals surface area contributed by atoms with Crippen LogP contribution in [0.15, 0.2) is 57.9 Å². The van der Waals surface area contributed by atoms with E-state index < -0.39 is 17.0 Å². The number of hydrogen-bond donors (Lipinski definition) is 1. The van der Waals surface area contributed by atoms with E-state index in [1.807, 2.05) is 12.1 Å². The number of ether oxygens (including phenoxy) is 1. The summed E-state index contributed by atoms with van der Waals surface area (Å²) in [5.41, 5.74) is 0.189. The van der Waals surface area contributed by atoms with Crippen molar-refractivity contribution < 1.29 is 19.1 Å². The molecule has 5 nitrogen and oxygen atoms in total. The number of fused-ring (bicyclic) bond motifs is 1. The van der Waals surface area contributed by atoms with Crippen LogP contribution in [0.3, 0.4) is 0 Å². The van der Waals surface area contributed by atoms with Crippen molar-refractivity contribution in [2.75, 3.05) is 0 Å². The maximum atomic E-state index is 12.0. The van der Waals surface area contributed by atoms with Gasteiger partial charge in [-0.15, -0.1) is 0 Å². The van der Waals surface area contributed by atoms with Gasteiger partial charge in [-0.1, -0.05) is 23.7 Å². The normalized spacial score (nSPS) is 10.7. The van der Waals surface area contributed by atoms with E-state index in [0.717, 1.165) is 11.8 Å². The quantitative estimate of drug-likeness (QED) is 0.788. The third-order valence-corrected chi connectivity index (χ3v) is 3.51. The summed E-state index contributed by atoms with van der Waals surface area (Å²) in [6.07, 6.45) is 0.938. The number of aromatic carboxylic acids is 1. The Bertz CT molecular complexity index is 945. The maximum Gasteiger partial charge on any atom is 0.342 e. The zero-order valence-electron chi connectivity index (χ0n) is 11.8. The first-order chi connectivity index (χ1) is 11.0. The van der Waals surface area contributed by atoms with Crippen LogP contribution in [0.1, 0.15) is 15.9 Å². The molecular weight excluding hydrogens is 320 g/mol. The Morgan fingerprint density at radius 2 is 2.04 bits per heavy atom. The summed E-state index contributed by atoms with van der Waals surface area (Å²) in [7, 11) is 0. The average Bonchev–Trinajstić information content (AvgIpc) is 2.53. The van der Waals surface area contributed by atoms with E-state index in [1.54, 1.807) is 24.3 Å². The number of carboxylic acids is 1. The van der Waals surface area contributed by atoms with Gasteiger partial charge in [0.25, 0.3) is 0 Å². The maximum absolute atomic E-state index is 12.0. The Hall–Kier alpha value is -2.79. The van der Waals surface area contributed by atoms with Crippen molar-refractivity contribution in [2.24, 2.45) is 0 Å². The molecule has 0 fully saturated rings. The molecule has 3 aromatic rings. The van der Waals surface area contributed by atoms with Crippen molar-refractivity contribution in [3.63, 3.8) is 0 Å². The third kappa shape index (κ3) is 3.19. The Balaban J connectivity index is 1.87. The van der Waals surface area contributed by atoms with Crippen LogP contribution >= 0.6 is 11.6 Å². The van der Waals surface area contributed by atoms with Gasteiger partial charge in [0.2, 0.25) is 5.43 Å². The molecule has 1 heterocycles. The third-order valence-electron chi connectivity index (χ3n) is 3.27. The minimum absolute atomic E-state index is 0.194. The molecule has 1 N–H and O–H groups in total. The molecule has 0 bridgehead atoms. The topological polar surface area (TPSA) is 76.7 Å². The number of carbonyl (C=O) groups is 1. The smallest absolute Gasteiger partial charge is 0.342 e. The van der Waals surface area contributed by atoms with Gasteiger partial charge in [0.05, 0.1) is 5.39 Å². The molecule has 0 radical (unpaired) electrons. The van der Waals surface area contributed by atoms with Crippen molar-refractivity contribution >= 4 is 28.5 Å². The summed E-state index contributed by atoms with van der Waals surface area (Å²) in [5, 5.41) is 9.73. The predicted octanol–water partition coefficient (Wildman–Crippen LogP) is 3.72. The molecule has 0 aliphatic rings. The zero-order chi connectivity index (χ0) is 16.4. The summed E-state index contributed by atoms with van der Waals surface area (Å²) < 4.78 is 10.9. The predicted molar refractivity (Wildman–Crippen MR) is 85.2 cm³/mol. The highest BCUT2D eigenvalue weighted by atomic mass is 35.5. The fourth-order valence-electron chi connectivity index (χ4n) is 2.14. The Kier molecular flexibility index (Phi) is 4.04. The Morgan fingerprint density at radius 1 is 1.22 bits per heavy atom. The molecule has 0 aliphatic heterocycles. The van der Waals surface area contributed by atoms with Crippen molar-refractivity contribution in [3.8, 4) is 5.75 Å². The lowest BCUT2D eigenvalue weighted by Crippen LogP contribution is -2.14.